The lowest BCUT2D eigenvalue weighted by Gasteiger charge is -2.17. The summed E-state index contributed by atoms with van der Waals surface area (Å²) in [5.41, 5.74) is 9.45. The quantitative estimate of drug-likeness (QED) is 0.767. The van der Waals surface area contributed by atoms with Crippen molar-refractivity contribution >= 4 is 17.6 Å². The number of pyridine rings is 1. The van der Waals surface area contributed by atoms with Crippen molar-refractivity contribution in [2.75, 3.05) is 17.7 Å². The van der Waals surface area contributed by atoms with Crippen LogP contribution in [0.4, 0.5) is 17.6 Å². The lowest BCUT2D eigenvalue weighted by Crippen LogP contribution is -2.13. The van der Waals surface area contributed by atoms with Crippen LogP contribution in [0.2, 0.25) is 0 Å². The van der Waals surface area contributed by atoms with Crippen LogP contribution in [0.25, 0.3) is 11.3 Å². The maximum absolute atomic E-state index is 5.79. The number of rotatable bonds is 5. The fourth-order valence-corrected chi connectivity index (χ4v) is 2.74. The van der Waals surface area contributed by atoms with Gasteiger partial charge in [-0.3, -0.25) is 4.98 Å². The zero-order valence-electron chi connectivity index (χ0n) is 14.0. The van der Waals surface area contributed by atoms with Crippen molar-refractivity contribution in [3.05, 3.63) is 48.7 Å². The van der Waals surface area contributed by atoms with E-state index in [0.29, 0.717) is 17.8 Å². The minimum Gasteiger partial charge on any atom is -0.368 e. The van der Waals surface area contributed by atoms with Crippen LogP contribution in [0.3, 0.4) is 0 Å². The Bertz CT molecular complexity index is 878. The Morgan fingerprint density at radius 1 is 1.08 bits per heavy atom. The van der Waals surface area contributed by atoms with Gasteiger partial charge in [0.15, 0.2) is 0 Å². The summed E-state index contributed by atoms with van der Waals surface area (Å²) in [7, 11) is 1.93. The highest BCUT2D eigenvalue weighted by molar-refractivity contribution is 5.64. The van der Waals surface area contributed by atoms with E-state index in [1.54, 1.807) is 24.8 Å². The van der Waals surface area contributed by atoms with Crippen LogP contribution < -0.4 is 10.6 Å². The van der Waals surface area contributed by atoms with Crippen molar-refractivity contribution in [1.29, 1.82) is 0 Å². The van der Waals surface area contributed by atoms with Crippen LogP contribution in [0.1, 0.15) is 18.5 Å². The van der Waals surface area contributed by atoms with E-state index < -0.39 is 0 Å². The van der Waals surface area contributed by atoms with Crippen LogP contribution in [-0.4, -0.2) is 32.0 Å². The fourth-order valence-electron chi connectivity index (χ4n) is 2.74. The third-order valence-corrected chi connectivity index (χ3v) is 4.33. The first-order chi connectivity index (χ1) is 12.2. The summed E-state index contributed by atoms with van der Waals surface area (Å²) >= 11 is 0. The molecule has 0 saturated heterocycles. The third kappa shape index (κ3) is 3.40. The molecule has 25 heavy (non-hydrogen) atoms. The molecule has 0 atom stereocenters. The highest BCUT2D eigenvalue weighted by Crippen LogP contribution is 2.35. The normalized spacial score (nSPS) is 13.6. The molecule has 7 heteroatoms. The monoisotopic (exact) mass is 333 g/mol. The van der Waals surface area contributed by atoms with Gasteiger partial charge in [0.05, 0.1) is 11.4 Å². The highest BCUT2D eigenvalue weighted by atomic mass is 15.2. The van der Waals surface area contributed by atoms with Crippen LogP contribution in [0.5, 0.6) is 0 Å². The van der Waals surface area contributed by atoms with Gasteiger partial charge in [-0.05, 0) is 43.4 Å². The van der Waals surface area contributed by atoms with Crippen LogP contribution in [-0.2, 0) is 6.42 Å². The van der Waals surface area contributed by atoms with Gasteiger partial charge in [0, 0.05) is 43.1 Å². The molecule has 0 spiro atoms. The predicted molar refractivity (Wildman–Crippen MR) is 96.2 cm³/mol. The molecule has 0 radical (unpaired) electrons. The summed E-state index contributed by atoms with van der Waals surface area (Å²) in [4.78, 5) is 23.7. The molecule has 3 heterocycles. The number of nitrogens with two attached hydrogens (primary N) is 1. The largest absolute Gasteiger partial charge is 0.368 e. The molecular weight excluding hydrogens is 314 g/mol. The molecule has 1 saturated carbocycles. The second kappa shape index (κ2) is 6.43. The molecule has 2 N–H and O–H groups in total. The standard InChI is InChI=1S/C18H19N7/c1-25(13-4-7-20-8-5-13)18-21-9-6-15(24-18)14-11-22-17(19)23-16(14)10-12-2-3-12/h4-9,11-12H,2-3,10H2,1H3,(H2,19,22,23). The van der Waals surface area contributed by atoms with Gasteiger partial charge in [-0.15, -0.1) is 0 Å². The second-order valence-electron chi connectivity index (χ2n) is 6.24. The van der Waals surface area contributed by atoms with E-state index in [0.717, 1.165) is 29.1 Å². The summed E-state index contributed by atoms with van der Waals surface area (Å²) in [6, 6.07) is 5.72. The Morgan fingerprint density at radius 3 is 2.64 bits per heavy atom. The van der Waals surface area contributed by atoms with Crippen molar-refractivity contribution in [1.82, 2.24) is 24.9 Å². The van der Waals surface area contributed by atoms with Gasteiger partial charge >= 0.3 is 0 Å². The molecular formula is C18H19N7. The minimum atomic E-state index is 0.308. The molecule has 0 bridgehead atoms. The Morgan fingerprint density at radius 2 is 1.88 bits per heavy atom. The topological polar surface area (TPSA) is 93.7 Å². The first-order valence-corrected chi connectivity index (χ1v) is 8.29. The molecule has 3 aromatic heterocycles. The fraction of sp³-hybridized carbons (Fsp3) is 0.278. The number of nitrogen functional groups attached to an aromatic ring is 1. The smallest absolute Gasteiger partial charge is 0.230 e. The molecule has 4 rings (SSSR count). The van der Waals surface area contributed by atoms with E-state index in [1.807, 2.05) is 30.1 Å². The number of aromatic nitrogens is 5. The molecule has 3 aromatic rings. The average molecular weight is 333 g/mol. The Balaban J connectivity index is 1.70. The highest BCUT2D eigenvalue weighted by Gasteiger charge is 2.24. The lowest BCUT2D eigenvalue weighted by molar-refractivity contribution is 0.802. The van der Waals surface area contributed by atoms with Crippen molar-refractivity contribution in [3.63, 3.8) is 0 Å². The maximum Gasteiger partial charge on any atom is 0.230 e. The zero-order chi connectivity index (χ0) is 17.2. The molecule has 7 nitrogen and oxygen atoms in total. The van der Waals surface area contributed by atoms with Gasteiger partial charge in [0.1, 0.15) is 0 Å². The molecule has 0 unspecified atom stereocenters. The van der Waals surface area contributed by atoms with E-state index in [4.69, 9.17) is 10.7 Å². The summed E-state index contributed by atoms with van der Waals surface area (Å²) < 4.78 is 0. The first-order valence-electron chi connectivity index (χ1n) is 8.29. The van der Waals surface area contributed by atoms with Gasteiger partial charge in [-0.1, -0.05) is 0 Å². The Labute approximate surface area is 146 Å². The second-order valence-corrected chi connectivity index (χ2v) is 6.24. The Hall–Kier alpha value is -3.09. The summed E-state index contributed by atoms with van der Waals surface area (Å²) in [6.45, 7) is 0. The minimum absolute atomic E-state index is 0.308. The zero-order valence-corrected chi connectivity index (χ0v) is 14.0. The summed E-state index contributed by atoms with van der Waals surface area (Å²) in [6.07, 6.45) is 10.4. The summed E-state index contributed by atoms with van der Waals surface area (Å²) in [5, 5.41) is 0. The van der Waals surface area contributed by atoms with E-state index in [1.165, 1.54) is 12.8 Å². The van der Waals surface area contributed by atoms with Crippen LogP contribution >= 0.6 is 0 Å². The number of anilines is 3. The van der Waals surface area contributed by atoms with Gasteiger partial charge in [0.2, 0.25) is 11.9 Å². The number of hydrogen-bond donors (Lipinski definition) is 1. The maximum atomic E-state index is 5.79. The molecule has 0 aromatic carbocycles. The molecule has 126 valence electrons. The van der Waals surface area contributed by atoms with Gasteiger partial charge in [-0.2, -0.15) is 0 Å². The van der Waals surface area contributed by atoms with E-state index in [9.17, 15) is 0 Å². The molecule has 0 aliphatic heterocycles. The van der Waals surface area contributed by atoms with Crippen molar-refractivity contribution in [3.8, 4) is 11.3 Å². The van der Waals surface area contributed by atoms with E-state index >= 15 is 0 Å². The van der Waals surface area contributed by atoms with Gasteiger partial charge in [0.25, 0.3) is 0 Å². The van der Waals surface area contributed by atoms with Crippen molar-refractivity contribution in [2.24, 2.45) is 5.92 Å². The molecule has 1 fully saturated rings. The molecule has 1 aliphatic rings. The predicted octanol–water partition coefficient (Wildman–Crippen LogP) is 2.63. The van der Waals surface area contributed by atoms with Crippen LogP contribution in [0, 0.1) is 5.92 Å². The van der Waals surface area contributed by atoms with Gasteiger partial charge in [-0.25, -0.2) is 19.9 Å². The third-order valence-electron chi connectivity index (χ3n) is 4.33. The van der Waals surface area contributed by atoms with Crippen molar-refractivity contribution in [2.45, 2.75) is 19.3 Å². The van der Waals surface area contributed by atoms with Gasteiger partial charge < -0.3 is 10.6 Å². The summed E-state index contributed by atoms with van der Waals surface area (Å²) in [5.74, 6) is 1.62. The van der Waals surface area contributed by atoms with Crippen molar-refractivity contribution < 1.29 is 0 Å². The first kappa shape index (κ1) is 15.4. The van der Waals surface area contributed by atoms with E-state index in [2.05, 4.69) is 19.9 Å². The van der Waals surface area contributed by atoms with E-state index in [-0.39, 0.29) is 0 Å². The van der Waals surface area contributed by atoms with Crippen LogP contribution in [0.15, 0.2) is 43.0 Å². The SMILES string of the molecule is CN(c1ccncc1)c1nccc(-c2cnc(N)nc2CC2CC2)n1. The average Bonchev–Trinajstić information content (AvgIpc) is 3.46. The molecule has 0 amide bonds. The lowest BCUT2D eigenvalue weighted by atomic mass is 10.1. The molecule has 1 aliphatic carbocycles. The number of hydrogen-bond acceptors (Lipinski definition) is 7. The Kier molecular flexibility index (Phi) is 3.97. The number of nitrogens with zero attached hydrogens (tertiary/aromatic N) is 6.